The summed E-state index contributed by atoms with van der Waals surface area (Å²) < 4.78 is 2.00. The van der Waals surface area contributed by atoms with Crippen LogP contribution >= 0.6 is 11.6 Å². The smallest absolute Gasteiger partial charge is 0.253 e. The number of aromatic nitrogens is 3. The van der Waals surface area contributed by atoms with Crippen LogP contribution < -0.4 is 10.6 Å². The molecular weight excluding hydrogens is 362 g/mol. The highest BCUT2D eigenvalue weighted by Gasteiger charge is 2.25. The SMILES string of the molecule is O=C(NC1CC1)c1ccc(-c2cnc3c(NCC4CC4)nccn23)cc1Cl. The lowest BCUT2D eigenvalue weighted by atomic mass is 10.1. The molecule has 0 radical (unpaired) electrons. The van der Waals surface area contributed by atoms with Crippen LogP contribution in [0.2, 0.25) is 5.02 Å². The minimum Gasteiger partial charge on any atom is -0.367 e. The standard InChI is InChI=1S/C20H20ClN5O/c21-16-9-13(3-6-15(16)20(27)25-14-4-5-14)17-11-24-19-18(22-7-8-26(17)19)23-10-12-1-2-12/h3,6-9,11-12,14H,1-2,4-5,10H2,(H,22,23)(H,25,27). The fraction of sp³-hybridized carbons (Fsp3) is 0.350. The Labute approximate surface area is 162 Å². The van der Waals surface area contributed by atoms with E-state index in [0.717, 1.165) is 48.0 Å². The molecule has 0 spiro atoms. The van der Waals surface area contributed by atoms with Gasteiger partial charge in [-0.1, -0.05) is 17.7 Å². The number of benzene rings is 1. The van der Waals surface area contributed by atoms with Crippen LogP contribution in [-0.2, 0) is 0 Å². The molecular formula is C20H20ClN5O. The number of rotatable bonds is 6. The van der Waals surface area contributed by atoms with E-state index in [1.54, 1.807) is 12.3 Å². The lowest BCUT2D eigenvalue weighted by Gasteiger charge is -2.09. The molecule has 0 saturated heterocycles. The Kier molecular flexibility index (Phi) is 4.01. The summed E-state index contributed by atoms with van der Waals surface area (Å²) in [5.41, 5.74) is 3.13. The average molecular weight is 382 g/mol. The quantitative estimate of drug-likeness (QED) is 0.682. The summed E-state index contributed by atoms with van der Waals surface area (Å²) in [6.45, 7) is 0.936. The monoisotopic (exact) mass is 381 g/mol. The van der Waals surface area contributed by atoms with Gasteiger partial charge in [0.2, 0.25) is 0 Å². The van der Waals surface area contributed by atoms with Gasteiger partial charge in [-0.15, -0.1) is 0 Å². The number of halogens is 1. The molecule has 0 bridgehead atoms. The van der Waals surface area contributed by atoms with Crippen LogP contribution in [0.1, 0.15) is 36.0 Å². The molecule has 138 valence electrons. The third-order valence-corrected chi connectivity index (χ3v) is 5.42. The number of nitrogens with zero attached hydrogens (tertiary/aromatic N) is 3. The molecule has 0 atom stereocenters. The van der Waals surface area contributed by atoms with Crippen LogP contribution in [0.3, 0.4) is 0 Å². The second kappa shape index (κ2) is 6.53. The van der Waals surface area contributed by atoms with Gasteiger partial charge in [0.05, 0.1) is 22.5 Å². The Balaban J connectivity index is 1.45. The van der Waals surface area contributed by atoms with Crippen LogP contribution in [-0.4, -0.2) is 32.9 Å². The van der Waals surface area contributed by atoms with Crippen LogP contribution in [0, 0.1) is 5.92 Å². The molecule has 7 heteroatoms. The summed E-state index contributed by atoms with van der Waals surface area (Å²) in [6, 6.07) is 5.82. The first-order valence-electron chi connectivity index (χ1n) is 9.36. The predicted molar refractivity (Wildman–Crippen MR) is 105 cm³/mol. The molecule has 2 N–H and O–H groups in total. The molecule has 27 heavy (non-hydrogen) atoms. The number of carbonyl (C=O) groups excluding carboxylic acids is 1. The first-order chi connectivity index (χ1) is 13.2. The normalized spacial score (nSPS) is 16.5. The van der Waals surface area contributed by atoms with Gasteiger partial charge in [-0.3, -0.25) is 9.20 Å². The number of carbonyl (C=O) groups is 1. The molecule has 0 aliphatic heterocycles. The van der Waals surface area contributed by atoms with Crippen molar-refractivity contribution >= 4 is 29.0 Å². The van der Waals surface area contributed by atoms with Crippen LogP contribution in [0.25, 0.3) is 16.9 Å². The fourth-order valence-electron chi connectivity index (χ4n) is 3.17. The van der Waals surface area contributed by atoms with E-state index in [9.17, 15) is 4.79 Å². The van der Waals surface area contributed by atoms with Gasteiger partial charge in [0.15, 0.2) is 11.5 Å². The summed E-state index contributed by atoms with van der Waals surface area (Å²) >= 11 is 6.40. The number of fused-ring (bicyclic) bond motifs is 1. The lowest BCUT2D eigenvalue weighted by molar-refractivity contribution is 0.0951. The van der Waals surface area contributed by atoms with E-state index in [0.29, 0.717) is 16.6 Å². The van der Waals surface area contributed by atoms with Crippen molar-refractivity contribution in [1.82, 2.24) is 19.7 Å². The van der Waals surface area contributed by atoms with Crippen molar-refractivity contribution in [2.75, 3.05) is 11.9 Å². The van der Waals surface area contributed by atoms with Gasteiger partial charge in [-0.25, -0.2) is 9.97 Å². The van der Waals surface area contributed by atoms with Crippen molar-refractivity contribution in [3.05, 3.63) is 47.4 Å². The molecule has 1 aromatic carbocycles. The van der Waals surface area contributed by atoms with Gasteiger partial charge in [0.1, 0.15) is 0 Å². The van der Waals surface area contributed by atoms with Crippen molar-refractivity contribution in [2.24, 2.45) is 5.92 Å². The summed E-state index contributed by atoms with van der Waals surface area (Å²) in [5, 5.41) is 6.82. The van der Waals surface area contributed by atoms with Crippen molar-refractivity contribution in [1.29, 1.82) is 0 Å². The molecule has 2 aromatic heterocycles. The summed E-state index contributed by atoms with van der Waals surface area (Å²) in [5.74, 6) is 1.44. The van der Waals surface area contributed by atoms with Gasteiger partial charge < -0.3 is 10.6 Å². The Hall–Kier alpha value is -2.60. The zero-order valence-corrected chi connectivity index (χ0v) is 15.5. The molecule has 1 amide bonds. The molecule has 0 unspecified atom stereocenters. The van der Waals surface area contributed by atoms with E-state index in [1.807, 2.05) is 28.9 Å². The predicted octanol–water partition coefficient (Wildman–Crippen LogP) is 3.76. The highest BCUT2D eigenvalue weighted by atomic mass is 35.5. The van der Waals surface area contributed by atoms with E-state index in [1.165, 1.54) is 12.8 Å². The highest BCUT2D eigenvalue weighted by molar-refractivity contribution is 6.34. The van der Waals surface area contributed by atoms with Crippen molar-refractivity contribution in [3.8, 4) is 11.3 Å². The summed E-state index contributed by atoms with van der Waals surface area (Å²) in [7, 11) is 0. The van der Waals surface area contributed by atoms with Gasteiger partial charge in [0.25, 0.3) is 5.91 Å². The number of anilines is 1. The zero-order chi connectivity index (χ0) is 18.4. The third-order valence-electron chi connectivity index (χ3n) is 5.11. The molecule has 2 aliphatic rings. The van der Waals surface area contributed by atoms with Crippen molar-refractivity contribution < 1.29 is 4.79 Å². The Morgan fingerprint density at radius 3 is 2.81 bits per heavy atom. The number of nitrogens with one attached hydrogen (secondary N) is 2. The van der Waals surface area contributed by atoms with Crippen LogP contribution in [0.5, 0.6) is 0 Å². The Morgan fingerprint density at radius 2 is 2.07 bits per heavy atom. The van der Waals surface area contributed by atoms with E-state index < -0.39 is 0 Å². The topological polar surface area (TPSA) is 71.3 Å². The summed E-state index contributed by atoms with van der Waals surface area (Å²) in [4.78, 5) is 21.2. The van der Waals surface area contributed by atoms with E-state index in [-0.39, 0.29) is 5.91 Å². The molecule has 3 aromatic rings. The minimum atomic E-state index is -0.108. The molecule has 6 nitrogen and oxygen atoms in total. The molecule has 2 fully saturated rings. The van der Waals surface area contributed by atoms with Gasteiger partial charge in [-0.2, -0.15) is 0 Å². The van der Waals surface area contributed by atoms with Crippen molar-refractivity contribution in [2.45, 2.75) is 31.7 Å². The van der Waals surface area contributed by atoms with Gasteiger partial charge in [-0.05, 0) is 43.7 Å². The first-order valence-corrected chi connectivity index (χ1v) is 9.73. The fourth-order valence-corrected chi connectivity index (χ4v) is 3.44. The largest absolute Gasteiger partial charge is 0.367 e. The zero-order valence-electron chi connectivity index (χ0n) is 14.8. The van der Waals surface area contributed by atoms with E-state index >= 15 is 0 Å². The molecule has 2 heterocycles. The third kappa shape index (κ3) is 3.37. The molecule has 2 aliphatic carbocycles. The van der Waals surface area contributed by atoms with E-state index in [4.69, 9.17) is 11.6 Å². The maximum Gasteiger partial charge on any atom is 0.253 e. The van der Waals surface area contributed by atoms with E-state index in [2.05, 4.69) is 20.6 Å². The number of hydrogen-bond donors (Lipinski definition) is 2. The molecule has 2 saturated carbocycles. The number of hydrogen-bond acceptors (Lipinski definition) is 4. The highest BCUT2D eigenvalue weighted by Crippen LogP contribution is 2.31. The van der Waals surface area contributed by atoms with Gasteiger partial charge >= 0.3 is 0 Å². The number of amides is 1. The van der Waals surface area contributed by atoms with Gasteiger partial charge in [0, 0.05) is 30.5 Å². The van der Waals surface area contributed by atoms with Crippen LogP contribution in [0.15, 0.2) is 36.8 Å². The minimum absolute atomic E-state index is 0.108. The second-order valence-electron chi connectivity index (χ2n) is 7.38. The molecule has 5 rings (SSSR count). The van der Waals surface area contributed by atoms with Crippen molar-refractivity contribution in [3.63, 3.8) is 0 Å². The Morgan fingerprint density at radius 1 is 1.22 bits per heavy atom. The second-order valence-corrected chi connectivity index (χ2v) is 7.79. The average Bonchev–Trinajstić information content (AvgIpc) is 3.59. The lowest BCUT2D eigenvalue weighted by Crippen LogP contribution is -2.25. The summed E-state index contributed by atoms with van der Waals surface area (Å²) in [6.07, 6.45) is 10.1. The van der Waals surface area contributed by atoms with Crippen LogP contribution in [0.4, 0.5) is 5.82 Å². The Bertz CT molecular complexity index is 1020. The maximum absolute atomic E-state index is 12.3. The first kappa shape index (κ1) is 16.6. The number of imidazole rings is 1. The maximum atomic E-state index is 12.3.